The van der Waals surface area contributed by atoms with E-state index in [1.54, 1.807) is 0 Å². The predicted octanol–water partition coefficient (Wildman–Crippen LogP) is 0.349. The topological polar surface area (TPSA) is 80.8 Å². The quantitative estimate of drug-likeness (QED) is 0.657. The van der Waals surface area contributed by atoms with Crippen LogP contribution in [-0.4, -0.2) is 41.6 Å². The Morgan fingerprint density at radius 3 is 1.55 bits per heavy atom. The number of imide groups is 1. The SMILES string of the molecule is CN1[C]([O-])c2ccc3c4c(ccc(c24)C1=O)C(=O)N(C)C3=O. The van der Waals surface area contributed by atoms with Gasteiger partial charge in [-0.1, -0.05) is 6.07 Å². The Kier molecular flexibility index (Phi) is 2.31. The molecule has 2 aliphatic heterocycles. The van der Waals surface area contributed by atoms with Gasteiger partial charge in [-0.05, 0) is 23.8 Å². The molecule has 22 heavy (non-hydrogen) atoms. The van der Waals surface area contributed by atoms with E-state index in [1.807, 2.05) is 0 Å². The fourth-order valence-corrected chi connectivity index (χ4v) is 3.12. The summed E-state index contributed by atoms with van der Waals surface area (Å²) in [7, 11) is 2.83. The molecule has 0 saturated carbocycles. The van der Waals surface area contributed by atoms with Crippen molar-refractivity contribution >= 4 is 28.5 Å². The Hall–Kier alpha value is -2.73. The maximum absolute atomic E-state index is 12.3. The number of hydrogen-bond donors (Lipinski definition) is 0. The highest BCUT2D eigenvalue weighted by molar-refractivity contribution is 6.28. The van der Waals surface area contributed by atoms with Crippen LogP contribution in [0, 0.1) is 6.23 Å². The van der Waals surface area contributed by atoms with Gasteiger partial charge in [-0.15, -0.1) is 0 Å². The summed E-state index contributed by atoms with van der Waals surface area (Å²) in [6.45, 7) is 0. The summed E-state index contributed by atoms with van der Waals surface area (Å²) in [6, 6.07) is 6.16. The van der Waals surface area contributed by atoms with E-state index < -0.39 is 23.9 Å². The molecule has 0 fully saturated rings. The summed E-state index contributed by atoms with van der Waals surface area (Å²) >= 11 is 0. The Labute approximate surface area is 125 Å². The fourth-order valence-electron chi connectivity index (χ4n) is 3.12. The maximum Gasteiger partial charge on any atom is 0.261 e. The fraction of sp³-hybridized carbons (Fsp3) is 0.125. The molecule has 0 unspecified atom stereocenters. The van der Waals surface area contributed by atoms with Crippen LogP contribution in [-0.2, 0) is 0 Å². The first-order chi connectivity index (χ1) is 10.4. The van der Waals surface area contributed by atoms with Crippen molar-refractivity contribution in [2.45, 2.75) is 0 Å². The van der Waals surface area contributed by atoms with Crippen molar-refractivity contribution in [2.24, 2.45) is 0 Å². The third kappa shape index (κ3) is 1.30. The molecule has 2 heterocycles. The molecule has 2 aromatic rings. The number of rotatable bonds is 0. The molecule has 0 atom stereocenters. The first kappa shape index (κ1) is 13.0. The van der Waals surface area contributed by atoms with E-state index in [0.29, 0.717) is 33.0 Å². The summed E-state index contributed by atoms with van der Waals surface area (Å²) in [5.74, 6) is -1.29. The minimum atomic E-state index is -0.431. The monoisotopic (exact) mass is 294 g/mol. The molecule has 0 N–H and O–H groups in total. The van der Waals surface area contributed by atoms with Gasteiger partial charge in [-0.25, -0.2) is 0 Å². The molecule has 6 heteroatoms. The molecule has 0 bridgehead atoms. The van der Waals surface area contributed by atoms with E-state index in [0.717, 1.165) is 9.80 Å². The first-order valence-corrected chi connectivity index (χ1v) is 6.68. The molecule has 2 aromatic carbocycles. The number of carbonyl (C=O) groups is 3. The van der Waals surface area contributed by atoms with Crippen molar-refractivity contribution in [3.8, 4) is 0 Å². The van der Waals surface area contributed by atoms with Crippen LogP contribution in [0.25, 0.3) is 10.8 Å². The van der Waals surface area contributed by atoms with Gasteiger partial charge in [0.25, 0.3) is 17.7 Å². The molecule has 3 amide bonds. The summed E-state index contributed by atoms with van der Waals surface area (Å²) in [5.41, 5.74) is 1.34. The van der Waals surface area contributed by atoms with Gasteiger partial charge in [0, 0.05) is 47.8 Å². The van der Waals surface area contributed by atoms with Gasteiger partial charge in [-0.2, -0.15) is 0 Å². The van der Waals surface area contributed by atoms with Crippen LogP contribution in [0.2, 0.25) is 0 Å². The second kappa shape index (κ2) is 3.92. The highest BCUT2D eigenvalue weighted by atomic mass is 16.3. The molecule has 1 radical (unpaired) electrons. The maximum atomic E-state index is 12.3. The summed E-state index contributed by atoms with van der Waals surface area (Å²) < 4.78 is 0. The highest BCUT2D eigenvalue weighted by Crippen LogP contribution is 2.39. The number of nitrogens with zero attached hydrogens (tertiary/aromatic N) is 2. The second-order valence-electron chi connectivity index (χ2n) is 5.41. The number of amides is 3. The van der Waals surface area contributed by atoms with Gasteiger partial charge in [0.2, 0.25) is 0 Å². The molecule has 4 rings (SSSR count). The van der Waals surface area contributed by atoms with Crippen LogP contribution >= 0.6 is 0 Å². The van der Waals surface area contributed by atoms with Crippen molar-refractivity contribution in [2.75, 3.05) is 14.1 Å². The summed E-state index contributed by atoms with van der Waals surface area (Å²) in [4.78, 5) is 39.0. The molecule has 6 nitrogen and oxygen atoms in total. The van der Waals surface area contributed by atoms with E-state index in [9.17, 15) is 19.5 Å². The van der Waals surface area contributed by atoms with Crippen LogP contribution in [0.15, 0.2) is 24.3 Å². The molecular formula is C16H10N2O4-. The number of benzene rings is 2. The van der Waals surface area contributed by atoms with E-state index in [1.165, 1.54) is 38.4 Å². The third-order valence-corrected chi connectivity index (χ3v) is 4.30. The Balaban J connectivity index is 2.21. The summed E-state index contributed by atoms with van der Waals surface area (Å²) in [5, 5.41) is 13.1. The largest absolute Gasteiger partial charge is 0.829 e. The zero-order valence-electron chi connectivity index (χ0n) is 11.8. The molecule has 0 aromatic heterocycles. The lowest BCUT2D eigenvalue weighted by atomic mass is 9.86. The number of carbonyl (C=O) groups excluding carboxylic acids is 3. The lowest BCUT2D eigenvalue weighted by Crippen LogP contribution is -2.43. The van der Waals surface area contributed by atoms with Crippen molar-refractivity contribution in [1.29, 1.82) is 0 Å². The van der Waals surface area contributed by atoms with E-state index in [-0.39, 0.29) is 0 Å². The van der Waals surface area contributed by atoms with Crippen molar-refractivity contribution in [3.05, 3.63) is 52.7 Å². The van der Waals surface area contributed by atoms with Crippen LogP contribution in [0.3, 0.4) is 0 Å². The molecule has 0 aliphatic carbocycles. The van der Waals surface area contributed by atoms with Crippen molar-refractivity contribution in [1.82, 2.24) is 9.80 Å². The molecule has 0 saturated heterocycles. The van der Waals surface area contributed by atoms with Crippen molar-refractivity contribution < 1.29 is 19.5 Å². The van der Waals surface area contributed by atoms with Gasteiger partial charge in [0.05, 0.1) is 0 Å². The predicted molar refractivity (Wildman–Crippen MR) is 74.8 cm³/mol. The van der Waals surface area contributed by atoms with Gasteiger partial charge < -0.3 is 10.0 Å². The Bertz CT molecular complexity index is 880. The molecule has 0 spiro atoms. The molecule has 109 valence electrons. The van der Waals surface area contributed by atoms with E-state index >= 15 is 0 Å². The van der Waals surface area contributed by atoms with E-state index in [4.69, 9.17) is 0 Å². The molecule has 2 aliphatic rings. The molecular weight excluding hydrogens is 284 g/mol. The minimum Gasteiger partial charge on any atom is -0.829 e. The standard InChI is InChI=1S/C16H10N2O4/c1-17-13(19)7-3-5-9-12-10(16(22)18(2)15(9)21)6-4-8(11(7)12)14(17)20/h3-6H,1-2H3/q-1. The average molecular weight is 294 g/mol. The Morgan fingerprint density at radius 1 is 0.682 bits per heavy atom. The van der Waals surface area contributed by atoms with Crippen LogP contribution in [0.5, 0.6) is 0 Å². The third-order valence-electron chi connectivity index (χ3n) is 4.30. The smallest absolute Gasteiger partial charge is 0.261 e. The highest BCUT2D eigenvalue weighted by Gasteiger charge is 2.35. The Morgan fingerprint density at radius 2 is 1.05 bits per heavy atom. The first-order valence-electron chi connectivity index (χ1n) is 6.68. The van der Waals surface area contributed by atoms with Gasteiger partial charge in [-0.3, -0.25) is 19.3 Å². The van der Waals surface area contributed by atoms with E-state index in [2.05, 4.69) is 0 Å². The van der Waals surface area contributed by atoms with Crippen LogP contribution in [0.1, 0.15) is 36.6 Å². The lowest BCUT2D eigenvalue weighted by molar-refractivity contribution is -0.367. The summed E-state index contributed by atoms with van der Waals surface area (Å²) in [6.07, 6.45) is -0.431. The minimum absolute atomic E-state index is 0.336. The normalized spacial score (nSPS) is 17.7. The average Bonchev–Trinajstić information content (AvgIpc) is 2.53. The zero-order valence-corrected chi connectivity index (χ0v) is 11.8. The van der Waals surface area contributed by atoms with Crippen LogP contribution in [0.4, 0.5) is 0 Å². The lowest BCUT2D eigenvalue weighted by Gasteiger charge is -2.39. The van der Waals surface area contributed by atoms with Gasteiger partial charge in [0.1, 0.15) is 0 Å². The van der Waals surface area contributed by atoms with Gasteiger partial charge >= 0.3 is 0 Å². The van der Waals surface area contributed by atoms with Crippen molar-refractivity contribution in [3.63, 3.8) is 0 Å². The zero-order chi connectivity index (χ0) is 15.8. The number of hydrogen-bond acceptors (Lipinski definition) is 4. The second-order valence-corrected chi connectivity index (χ2v) is 5.41. The van der Waals surface area contributed by atoms with Crippen LogP contribution < -0.4 is 5.11 Å². The van der Waals surface area contributed by atoms with Gasteiger partial charge in [0.15, 0.2) is 0 Å².